The Bertz CT molecular complexity index is 956. The van der Waals surface area contributed by atoms with Crippen molar-refractivity contribution >= 4 is 10.9 Å². The second-order valence-electron chi connectivity index (χ2n) is 5.29. The zero-order chi connectivity index (χ0) is 15.3. The molecule has 0 saturated carbocycles. The predicted molar refractivity (Wildman–Crippen MR) is 80.8 cm³/mol. The molecule has 1 atom stereocenters. The van der Waals surface area contributed by atoms with Crippen LogP contribution in [-0.2, 0) is 7.05 Å². The van der Waals surface area contributed by atoms with Crippen LogP contribution in [0.4, 0.5) is 0 Å². The van der Waals surface area contributed by atoms with Crippen LogP contribution in [0.25, 0.3) is 10.9 Å². The summed E-state index contributed by atoms with van der Waals surface area (Å²) in [7, 11) is 1.85. The van der Waals surface area contributed by atoms with Crippen molar-refractivity contribution in [2.45, 2.75) is 5.92 Å². The molecule has 0 aliphatic carbocycles. The van der Waals surface area contributed by atoms with E-state index in [1.807, 2.05) is 37.6 Å². The average molecular weight is 291 g/mol. The molecule has 3 heterocycles. The van der Waals surface area contributed by atoms with Gasteiger partial charge in [-0.15, -0.1) is 0 Å². The molecule has 0 fully saturated rings. The highest BCUT2D eigenvalue weighted by atomic mass is 16.5. The van der Waals surface area contributed by atoms with E-state index in [-0.39, 0.29) is 11.8 Å². The van der Waals surface area contributed by atoms with Crippen LogP contribution in [-0.4, -0.2) is 14.8 Å². The van der Waals surface area contributed by atoms with Crippen molar-refractivity contribution < 1.29 is 4.74 Å². The second kappa shape index (κ2) is 4.40. The molecule has 3 aromatic rings. The first-order valence-electron chi connectivity index (χ1n) is 6.85. The fourth-order valence-electron chi connectivity index (χ4n) is 2.98. The highest BCUT2D eigenvalue weighted by Crippen LogP contribution is 2.44. The SMILES string of the molecule is Cn1cc([C@@H]2C(C#N)=C(N)Oc3c2ccc2[nH]ccc32)cn1. The van der Waals surface area contributed by atoms with E-state index in [1.54, 1.807) is 10.9 Å². The highest BCUT2D eigenvalue weighted by molar-refractivity contribution is 5.88. The summed E-state index contributed by atoms with van der Waals surface area (Å²) in [5.41, 5.74) is 9.22. The molecule has 0 radical (unpaired) electrons. The van der Waals surface area contributed by atoms with Gasteiger partial charge in [-0.1, -0.05) is 6.07 Å². The molecule has 0 unspecified atom stereocenters. The largest absolute Gasteiger partial charge is 0.439 e. The number of ether oxygens (including phenoxy) is 1. The maximum Gasteiger partial charge on any atom is 0.205 e. The van der Waals surface area contributed by atoms with Gasteiger partial charge < -0.3 is 15.5 Å². The van der Waals surface area contributed by atoms with Crippen LogP contribution in [0.2, 0.25) is 0 Å². The van der Waals surface area contributed by atoms with E-state index in [0.29, 0.717) is 11.3 Å². The molecule has 0 amide bonds. The summed E-state index contributed by atoms with van der Waals surface area (Å²) in [6, 6.07) is 8.07. The third-order valence-electron chi connectivity index (χ3n) is 3.97. The number of nitrogens with one attached hydrogen (secondary N) is 1. The molecule has 6 nitrogen and oxygen atoms in total. The van der Waals surface area contributed by atoms with Gasteiger partial charge in [-0.25, -0.2) is 0 Å². The van der Waals surface area contributed by atoms with E-state index in [4.69, 9.17) is 10.5 Å². The Morgan fingerprint density at radius 1 is 1.41 bits per heavy atom. The van der Waals surface area contributed by atoms with Gasteiger partial charge in [0.15, 0.2) is 0 Å². The summed E-state index contributed by atoms with van der Waals surface area (Å²) in [5.74, 6) is 0.586. The van der Waals surface area contributed by atoms with Crippen LogP contribution in [0.5, 0.6) is 5.75 Å². The van der Waals surface area contributed by atoms with Gasteiger partial charge in [-0.2, -0.15) is 10.4 Å². The summed E-state index contributed by atoms with van der Waals surface area (Å²) < 4.78 is 7.47. The topological polar surface area (TPSA) is 92.6 Å². The number of rotatable bonds is 1. The Hall–Kier alpha value is -3.20. The molecule has 1 aliphatic rings. The van der Waals surface area contributed by atoms with Gasteiger partial charge in [-0.3, -0.25) is 4.68 Å². The van der Waals surface area contributed by atoms with Crippen molar-refractivity contribution in [3.63, 3.8) is 0 Å². The van der Waals surface area contributed by atoms with E-state index < -0.39 is 0 Å². The summed E-state index contributed by atoms with van der Waals surface area (Å²) >= 11 is 0. The molecule has 1 aromatic carbocycles. The lowest BCUT2D eigenvalue weighted by Gasteiger charge is -2.25. The molecule has 2 aromatic heterocycles. The van der Waals surface area contributed by atoms with E-state index in [0.717, 1.165) is 22.0 Å². The Kier molecular flexibility index (Phi) is 2.51. The van der Waals surface area contributed by atoms with Crippen LogP contribution in [0.15, 0.2) is 48.2 Å². The van der Waals surface area contributed by atoms with Crippen molar-refractivity contribution in [2.24, 2.45) is 12.8 Å². The number of hydrogen-bond donors (Lipinski definition) is 2. The zero-order valence-corrected chi connectivity index (χ0v) is 11.9. The second-order valence-corrected chi connectivity index (χ2v) is 5.29. The number of nitrogens with two attached hydrogens (primary N) is 1. The normalized spacial score (nSPS) is 17.2. The number of aromatic nitrogens is 3. The zero-order valence-electron chi connectivity index (χ0n) is 11.9. The molecule has 3 N–H and O–H groups in total. The van der Waals surface area contributed by atoms with Crippen LogP contribution in [0, 0.1) is 11.3 Å². The number of hydrogen-bond acceptors (Lipinski definition) is 4. The van der Waals surface area contributed by atoms with E-state index in [9.17, 15) is 5.26 Å². The van der Waals surface area contributed by atoms with E-state index >= 15 is 0 Å². The average Bonchev–Trinajstić information content (AvgIpc) is 3.14. The van der Waals surface area contributed by atoms with Crippen LogP contribution >= 0.6 is 0 Å². The van der Waals surface area contributed by atoms with Gasteiger partial charge in [0.2, 0.25) is 5.88 Å². The van der Waals surface area contributed by atoms with Crippen molar-refractivity contribution in [3.05, 3.63) is 59.4 Å². The minimum absolute atomic E-state index is 0.151. The van der Waals surface area contributed by atoms with Crippen LogP contribution in [0.1, 0.15) is 17.0 Å². The summed E-state index contributed by atoms with van der Waals surface area (Å²) in [5, 5.41) is 14.7. The standard InChI is InChI=1S/C16H13N5O/c1-21-8-9(7-20-21)14-11-2-3-13-10(4-5-19-13)15(11)22-16(18)12(14)6-17/h2-5,7-8,14,19H,18H2,1H3/t14-/m0/s1. The van der Waals surface area contributed by atoms with Gasteiger partial charge in [0.05, 0.1) is 12.1 Å². The maximum absolute atomic E-state index is 9.50. The van der Waals surface area contributed by atoms with Crippen molar-refractivity contribution in [1.82, 2.24) is 14.8 Å². The lowest BCUT2D eigenvalue weighted by Crippen LogP contribution is -2.21. The Morgan fingerprint density at radius 2 is 2.27 bits per heavy atom. The van der Waals surface area contributed by atoms with Gasteiger partial charge in [0.25, 0.3) is 0 Å². The molecule has 0 spiro atoms. The molecule has 4 rings (SSSR count). The molecular weight excluding hydrogens is 278 g/mol. The first-order chi connectivity index (χ1) is 10.7. The lowest BCUT2D eigenvalue weighted by molar-refractivity contribution is 0.398. The van der Waals surface area contributed by atoms with Gasteiger partial charge >= 0.3 is 0 Å². The number of aryl methyl sites for hydroxylation is 1. The molecular formula is C16H13N5O. The van der Waals surface area contributed by atoms with E-state index in [2.05, 4.69) is 16.2 Å². The summed E-state index contributed by atoms with van der Waals surface area (Å²) in [6.07, 6.45) is 5.50. The third kappa shape index (κ3) is 1.63. The van der Waals surface area contributed by atoms with Crippen LogP contribution in [0.3, 0.4) is 0 Å². The minimum atomic E-state index is -0.262. The highest BCUT2D eigenvalue weighted by Gasteiger charge is 2.32. The Balaban J connectivity index is 2.02. The van der Waals surface area contributed by atoms with Gasteiger partial charge in [0, 0.05) is 41.5 Å². The summed E-state index contributed by atoms with van der Waals surface area (Å²) in [6.45, 7) is 0. The number of aromatic amines is 1. The van der Waals surface area contributed by atoms with E-state index in [1.165, 1.54) is 0 Å². The number of H-pyrrole nitrogens is 1. The maximum atomic E-state index is 9.50. The van der Waals surface area contributed by atoms with Crippen molar-refractivity contribution in [2.75, 3.05) is 0 Å². The smallest absolute Gasteiger partial charge is 0.205 e. The molecule has 6 heteroatoms. The first-order valence-corrected chi connectivity index (χ1v) is 6.85. The molecule has 0 bridgehead atoms. The number of nitriles is 1. The predicted octanol–water partition coefficient (Wildman–Crippen LogP) is 2.12. The Morgan fingerprint density at radius 3 is 3.00 bits per heavy atom. The van der Waals surface area contributed by atoms with Gasteiger partial charge in [0.1, 0.15) is 17.4 Å². The fraction of sp³-hybridized carbons (Fsp3) is 0.125. The van der Waals surface area contributed by atoms with Crippen molar-refractivity contribution in [1.29, 1.82) is 5.26 Å². The molecule has 1 aliphatic heterocycles. The lowest BCUT2D eigenvalue weighted by atomic mass is 9.84. The third-order valence-corrected chi connectivity index (χ3v) is 3.97. The minimum Gasteiger partial charge on any atom is -0.439 e. The molecule has 108 valence electrons. The number of allylic oxidation sites excluding steroid dienone is 1. The Labute approximate surface area is 126 Å². The van der Waals surface area contributed by atoms with Crippen molar-refractivity contribution in [3.8, 4) is 11.8 Å². The summed E-state index contributed by atoms with van der Waals surface area (Å²) in [4.78, 5) is 3.15. The molecule has 22 heavy (non-hydrogen) atoms. The molecule has 0 saturated heterocycles. The number of nitrogens with zero attached hydrogens (tertiary/aromatic N) is 3. The quantitative estimate of drug-likeness (QED) is 0.718. The fourth-order valence-corrected chi connectivity index (χ4v) is 2.98. The monoisotopic (exact) mass is 291 g/mol. The van der Waals surface area contributed by atoms with Crippen LogP contribution < -0.4 is 10.5 Å². The van der Waals surface area contributed by atoms with Gasteiger partial charge in [-0.05, 0) is 12.1 Å². The first kappa shape index (κ1) is 12.5. The number of fused-ring (bicyclic) bond motifs is 3. The number of benzene rings is 1.